The van der Waals surface area contributed by atoms with E-state index in [0.29, 0.717) is 46.8 Å². The van der Waals surface area contributed by atoms with Gasteiger partial charge in [-0.3, -0.25) is 0 Å². The highest BCUT2D eigenvalue weighted by atomic mass is 35.5. The SMILES string of the molecule is C=CCNCc1cc(Cl)c(OCc2ccc(F)cc2Cl)c(OCC)c1. The van der Waals surface area contributed by atoms with Crippen molar-refractivity contribution in [2.45, 2.75) is 20.1 Å². The molecule has 0 bridgehead atoms. The molecule has 0 saturated carbocycles. The van der Waals surface area contributed by atoms with E-state index >= 15 is 0 Å². The van der Waals surface area contributed by atoms with E-state index in [2.05, 4.69) is 11.9 Å². The largest absolute Gasteiger partial charge is 0.490 e. The molecule has 0 heterocycles. The van der Waals surface area contributed by atoms with Crippen molar-refractivity contribution in [2.24, 2.45) is 0 Å². The first-order valence-electron chi connectivity index (χ1n) is 7.88. The van der Waals surface area contributed by atoms with Gasteiger partial charge in [-0.05, 0) is 36.8 Å². The summed E-state index contributed by atoms with van der Waals surface area (Å²) in [5.74, 6) is 0.609. The zero-order valence-electron chi connectivity index (χ0n) is 14.0. The van der Waals surface area contributed by atoms with Crippen molar-refractivity contribution in [2.75, 3.05) is 13.2 Å². The van der Waals surface area contributed by atoms with E-state index in [-0.39, 0.29) is 6.61 Å². The highest BCUT2D eigenvalue weighted by Crippen LogP contribution is 2.37. The van der Waals surface area contributed by atoms with Gasteiger partial charge >= 0.3 is 0 Å². The Hall–Kier alpha value is -1.75. The van der Waals surface area contributed by atoms with Crippen LogP contribution in [-0.4, -0.2) is 13.2 Å². The molecule has 6 heteroatoms. The number of halogens is 3. The van der Waals surface area contributed by atoms with Crippen molar-refractivity contribution < 1.29 is 13.9 Å². The maximum Gasteiger partial charge on any atom is 0.180 e. The Morgan fingerprint density at radius 3 is 2.64 bits per heavy atom. The number of ether oxygens (including phenoxy) is 2. The third-order valence-corrected chi connectivity index (χ3v) is 4.01. The number of hydrogen-bond donors (Lipinski definition) is 1. The molecule has 0 unspecified atom stereocenters. The predicted octanol–water partition coefficient (Wildman–Crippen LogP) is 5.39. The minimum absolute atomic E-state index is 0.160. The summed E-state index contributed by atoms with van der Waals surface area (Å²) in [6, 6.07) is 7.87. The van der Waals surface area contributed by atoms with Gasteiger partial charge < -0.3 is 14.8 Å². The molecule has 0 aromatic heterocycles. The third-order valence-electron chi connectivity index (χ3n) is 3.37. The molecule has 0 atom stereocenters. The zero-order valence-corrected chi connectivity index (χ0v) is 15.5. The fourth-order valence-electron chi connectivity index (χ4n) is 2.23. The summed E-state index contributed by atoms with van der Waals surface area (Å²) >= 11 is 12.4. The highest BCUT2D eigenvalue weighted by molar-refractivity contribution is 6.32. The van der Waals surface area contributed by atoms with Gasteiger partial charge in [0.05, 0.1) is 16.7 Å². The molecule has 2 rings (SSSR count). The van der Waals surface area contributed by atoms with Crippen LogP contribution in [0.2, 0.25) is 10.0 Å². The van der Waals surface area contributed by atoms with E-state index in [4.69, 9.17) is 32.7 Å². The molecule has 1 N–H and O–H groups in total. The Morgan fingerprint density at radius 1 is 1.16 bits per heavy atom. The van der Waals surface area contributed by atoms with Crippen LogP contribution in [0.1, 0.15) is 18.1 Å². The van der Waals surface area contributed by atoms with Crippen LogP contribution in [0.15, 0.2) is 43.0 Å². The number of benzene rings is 2. The normalized spacial score (nSPS) is 10.6. The van der Waals surface area contributed by atoms with Crippen LogP contribution in [0.5, 0.6) is 11.5 Å². The molecule has 2 aromatic carbocycles. The molecule has 0 aliphatic carbocycles. The van der Waals surface area contributed by atoms with Gasteiger partial charge in [0.1, 0.15) is 12.4 Å². The molecular weight excluding hydrogens is 364 g/mol. The van der Waals surface area contributed by atoms with Crippen LogP contribution in [-0.2, 0) is 13.2 Å². The van der Waals surface area contributed by atoms with Crippen LogP contribution < -0.4 is 14.8 Å². The number of hydrogen-bond acceptors (Lipinski definition) is 3. The van der Waals surface area contributed by atoms with Crippen LogP contribution in [0.4, 0.5) is 4.39 Å². The lowest BCUT2D eigenvalue weighted by atomic mass is 10.2. The summed E-state index contributed by atoms with van der Waals surface area (Å²) < 4.78 is 24.6. The van der Waals surface area contributed by atoms with Gasteiger partial charge in [0, 0.05) is 18.7 Å². The van der Waals surface area contributed by atoms with Gasteiger partial charge in [-0.25, -0.2) is 4.39 Å². The van der Waals surface area contributed by atoms with Gasteiger partial charge in [-0.2, -0.15) is 0 Å². The van der Waals surface area contributed by atoms with E-state index in [1.165, 1.54) is 12.1 Å². The summed E-state index contributed by atoms with van der Waals surface area (Å²) in [4.78, 5) is 0. The van der Waals surface area contributed by atoms with Crippen molar-refractivity contribution in [3.8, 4) is 11.5 Å². The Bertz CT molecular complexity index is 738. The summed E-state index contributed by atoms with van der Waals surface area (Å²) in [6.07, 6.45) is 1.79. The van der Waals surface area contributed by atoms with Gasteiger partial charge in [-0.1, -0.05) is 35.3 Å². The molecule has 0 radical (unpaired) electrons. The Labute approximate surface area is 157 Å². The Kier molecular flexibility index (Phi) is 7.56. The third kappa shape index (κ3) is 5.63. The summed E-state index contributed by atoms with van der Waals surface area (Å²) in [6.45, 7) is 7.53. The first-order valence-corrected chi connectivity index (χ1v) is 8.64. The van der Waals surface area contributed by atoms with Gasteiger partial charge in [0.15, 0.2) is 11.5 Å². The van der Waals surface area contributed by atoms with Crippen LogP contribution in [0.25, 0.3) is 0 Å². The topological polar surface area (TPSA) is 30.5 Å². The number of rotatable bonds is 9. The smallest absolute Gasteiger partial charge is 0.180 e. The van der Waals surface area contributed by atoms with E-state index < -0.39 is 5.82 Å². The molecular formula is C19H20Cl2FNO2. The lowest BCUT2D eigenvalue weighted by molar-refractivity contribution is 0.269. The predicted molar refractivity (Wildman–Crippen MR) is 100 cm³/mol. The van der Waals surface area contributed by atoms with Gasteiger partial charge in [0.25, 0.3) is 0 Å². The van der Waals surface area contributed by atoms with Gasteiger partial charge in [-0.15, -0.1) is 6.58 Å². The van der Waals surface area contributed by atoms with Gasteiger partial charge in [0.2, 0.25) is 0 Å². The first kappa shape index (κ1) is 19.6. The van der Waals surface area contributed by atoms with E-state index in [9.17, 15) is 4.39 Å². The van der Waals surface area contributed by atoms with Crippen molar-refractivity contribution in [1.82, 2.24) is 5.32 Å². The minimum Gasteiger partial charge on any atom is -0.490 e. The number of nitrogens with one attached hydrogen (secondary N) is 1. The van der Waals surface area contributed by atoms with E-state index in [1.807, 2.05) is 19.1 Å². The van der Waals surface area contributed by atoms with E-state index in [1.54, 1.807) is 12.1 Å². The molecule has 0 fully saturated rings. The molecule has 3 nitrogen and oxygen atoms in total. The molecule has 0 saturated heterocycles. The van der Waals surface area contributed by atoms with Crippen molar-refractivity contribution in [3.63, 3.8) is 0 Å². The zero-order chi connectivity index (χ0) is 18.2. The van der Waals surface area contributed by atoms with Crippen molar-refractivity contribution >= 4 is 23.2 Å². The summed E-state index contributed by atoms with van der Waals surface area (Å²) in [5.41, 5.74) is 1.64. The van der Waals surface area contributed by atoms with E-state index in [0.717, 1.165) is 5.56 Å². The van der Waals surface area contributed by atoms with Crippen LogP contribution in [0, 0.1) is 5.82 Å². The highest BCUT2D eigenvalue weighted by Gasteiger charge is 2.14. The van der Waals surface area contributed by atoms with Crippen LogP contribution in [0.3, 0.4) is 0 Å². The fraction of sp³-hybridized carbons (Fsp3) is 0.263. The average molecular weight is 384 g/mol. The molecule has 134 valence electrons. The molecule has 2 aromatic rings. The second-order valence-electron chi connectivity index (χ2n) is 5.28. The lowest BCUT2D eigenvalue weighted by Gasteiger charge is -2.16. The monoisotopic (exact) mass is 383 g/mol. The second kappa shape index (κ2) is 9.66. The summed E-state index contributed by atoms with van der Waals surface area (Å²) in [7, 11) is 0. The molecule has 25 heavy (non-hydrogen) atoms. The van der Waals surface area contributed by atoms with Crippen molar-refractivity contribution in [1.29, 1.82) is 0 Å². The van der Waals surface area contributed by atoms with Crippen LogP contribution >= 0.6 is 23.2 Å². The first-order chi connectivity index (χ1) is 12.0. The molecule has 0 aliphatic rings. The average Bonchev–Trinajstić information content (AvgIpc) is 2.56. The Morgan fingerprint density at radius 2 is 1.96 bits per heavy atom. The quantitative estimate of drug-likeness (QED) is 0.465. The van der Waals surface area contributed by atoms with Crippen molar-refractivity contribution in [3.05, 3.63) is 70.0 Å². The summed E-state index contributed by atoms with van der Waals surface area (Å²) in [5, 5.41) is 3.96. The Balaban J connectivity index is 2.18. The molecule has 0 aliphatic heterocycles. The molecule has 0 amide bonds. The maximum absolute atomic E-state index is 13.1. The standard InChI is InChI=1S/C19H20Cl2FNO2/c1-3-7-23-11-13-8-17(21)19(18(9-13)24-4-2)25-12-14-5-6-15(22)10-16(14)20/h3,5-6,8-10,23H,1,4,7,11-12H2,2H3. The maximum atomic E-state index is 13.1. The molecule has 0 spiro atoms. The minimum atomic E-state index is -0.391. The second-order valence-corrected chi connectivity index (χ2v) is 6.10. The fourth-order valence-corrected chi connectivity index (χ4v) is 2.74. The lowest BCUT2D eigenvalue weighted by Crippen LogP contribution is -2.13.